The molecule has 0 aliphatic carbocycles. The molecule has 0 amide bonds. The standard InChI is InChI=1S/C5H6BrNO.C5H6N4O/c1-4-3-7-5(2-6)8-4;1-4-2-7-5(10-4)3-8-9-6/h3H,2H2,1H3;2H,3H2,1H3. The van der Waals surface area contributed by atoms with Crippen molar-refractivity contribution in [2.75, 3.05) is 0 Å². The molecule has 7 nitrogen and oxygen atoms in total. The molecule has 0 bridgehead atoms. The minimum absolute atomic E-state index is 0.185. The number of nitrogens with zero attached hydrogens (tertiary/aromatic N) is 5. The van der Waals surface area contributed by atoms with Crippen LogP contribution in [0.3, 0.4) is 0 Å². The van der Waals surface area contributed by atoms with Gasteiger partial charge in [-0.2, -0.15) is 0 Å². The second-order valence-corrected chi connectivity index (χ2v) is 3.81. The largest absolute Gasteiger partial charge is 0.446 e. The zero-order valence-corrected chi connectivity index (χ0v) is 11.6. The summed E-state index contributed by atoms with van der Waals surface area (Å²) in [6.45, 7) is 3.84. The number of aromatic nitrogens is 2. The maximum absolute atomic E-state index is 7.92. The maximum atomic E-state index is 7.92. The molecule has 0 saturated carbocycles. The predicted molar refractivity (Wildman–Crippen MR) is 68.0 cm³/mol. The van der Waals surface area contributed by atoms with Crippen molar-refractivity contribution in [2.45, 2.75) is 25.7 Å². The summed E-state index contributed by atoms with van der Waals surface area (Å²) >= 11 is 3.21. The smallest absolute Gasteiger partial charge is 0.204 e. The fourth-order valence-corrected chi connectivity index (χ4v) is 1.29. The van der Waals surface area contributed by atoms with Crippen molar-refractivity contribution < 1.29 is 8.83 Å². The lowest BCUT2D eigenvalue weighted by Gasteiger charge is -1.81. The summed E-state index contributed by atoms with van der Waals surface area (Å²) in [5.41, 5.74) is 7.92. The molecule has 0 N–H and O–H groups in total. The summed E-state index contributed by atoms with van der Waals surface area (Å²) < 4.78 is 10.1. The quantitative estimate of drug-likeness (QED) is 0.373. The van der Waals surface area contributed by atoms with E-state index in [4.69, 9.17) is 14.4 Å². The van der Waals surface area contributed by atoms with Crippen LogP contribution in [-0.2, 0) is 11.9 Å². The van der Waals surface area contributed by atoms with Gasteiger partial charge in [-0.3, -0.25) is 0 Å². The fraction of sp³-hybridized carbons (Fsp3) is 0.400. The Labute approximate surface area is 112 Å². The molecule has 0 radical (unpaired) electrons. The van der Waals surface area contributed by atoms with Gasteiger partial charge in [-0.25, -0.2) is 9.97 Å². The molecule has 0 aromatic carbocycles. The predicted octanol–water partition coefficient (Wildman–Crippen LogP) is 3.67. The van der Waals surface area contributed by atoms with Gasteiger partial charge >= 0.3 is 0 Å². The molecule has 8 heteroatoms. The van der Waals surface area contributed by atoms with Crippen LogP contribution in [-0.4, -0.2) is 9.97 Å². The van der Waals surface area contributed by atoms with E-state index in [2.05, 4.69) is 35.9 Å². The zero-order valence-electron chi connectivity index (χ0n) is 10.00. The Balaban J connectivity index is 0.000000184. The van der Waals surface area contributed by atoms with Gasteiger partial charge < -0.3 is 8.83 Å². The van der Waals surface area contributed by atoms with Gasteiger partial charge in [0.2, 0.25) is 5.89 Å². The number of oxazole rings is 2. The highest BCUT2D eigenvalue weighted by atomic mass is 79.9. The third kappa shape index (κ3) is 5.03. The Kier molecular flexibility index (Phi) is 5.96. The van der Waals surface area contributed by atoms with Crippen LogP contribution in [0.5, 0.6) is 0 Å². The first-order valence-electron chi connectivity index (χ1n) is 5.05. The average molecular weight is 314 g/mol. The van der Waals surface area contributed by atoms with E-state index in [1.54, 1.807) is 19.3 Å². The number of hydrogen-bond acceptors (Lipinski definition) is 5. The van der Waals surface area contributed by atoms with E-state index in [1.807, 2.05) is 6.92 Å². The third-order valence-electron chi connectivity index (χ3n) is 1.72. The van der Waals surface area contributed by atoms with Crippen LogP contribution < -0.4 is 0 Å². The molecule has 0 unspecified atom stereocenters. The third-order valence-corrected chi connectivity index (χ3v) is 2.20. The van der Waals surface area contributed by atoms with Gasteiger partial charge in [-0.15, -0.1) is 0 Å². The Morgan fingerprint density at radius 1 is 1.22 bits per heavy atom. The van der Waals surface area contributed by atoms with Gasteiger partial charge in [0, 0.05) is 4.91 Å². The lowest BCUT2D eigenvalue weighted by Crippen LogP contribution is -1.75. The van der Waals surface area contributed by atoms with Crippen LogP contribution in [0.4, 0.5) is 0 Å². The molecule has 2 rings (SSSR count). The monoisotopic (exact) mass is 313 g/mol. The summed E-state index contributed by atoms with van der Waals surface area (Å²) in [7, 11) is 0. The second kappa shape index (κ2) is 7.52. The molecule has 0 atom stereocenters. The van der Waals surface area contributed by atoms with E-state index in [0.717, 1.165) is 17.4 Å². The zero-order chi connectivity index (χ0) is 13.4. The Hall–Kier alpha value is -1.79. The molecule has 0 fully saturated rings. The van der Waals surface area contributed by atoms with E-state index < -0.39 is 0 Å². The minimum Gasteiger partial charge on any atom is -0.446 e. The number of hydrogen-bond donors (Lipinski definition) is 0. The lowest BCUT2D eigenvalue weighted by atomic mass is 10.6. The molecule has 0 spiro atoms. The van der Waals surface area contributed by atoms with Gasteiger partial charge in [0.25, 0.3) is 0 Å². The van der Waals surface area contributed by atoms with Crippen LogP contribution in [0.1, 0.15) is 23.3 Å². The molecule has 0 aliphatic heterocycles. The first kappa shape index (κ1) is 14.3. The summed E-state index contributed by atoms with van der Waals surface area (Å²) in [4.78, 5) is 10.3. The van der Waals surface area contributed by atoms with Crippen molar-refractivity contribution in [2.24, 2.45) is 5.11 Å². The molecular weight excluding hydrogens is 302 g/mol. The number of azide groups is 1. The maximum Gasteiger partial charge on any atom is 0.204 e. The highest BCUT2D eigenvalue weighted by Crippen LogP contribution is 2.04. The molecule has 0 aliphatic rings. The number of alkyl halides is 1. The number of rotatable bonds is 3. The van der Waals surface area contributed by atoms with Crippen molar-refractivity contribution in [1.29, 1.82) is 0 Å². The number of aryl methyl sites for hydroxylation is 2. The average Bonchev–Trinajstić information content (AvgIpc) is 2.96. The van der Waals surface area contributed by atoms with Crippen LogP contribution >= 0.6 is 15.9 Å². The van der Waals surface area contributed by atoms with E-state index in [1.165, 1.54) is 0 Å². The van der Waals surface area contributed by atoms with Crippen LogP contribution in [0.2, 0.25) is 0 Å². The van der Waals surface area contributed by atoms with E-state index in [0.29, 0.717) is 11.2 Å². The Morgan fingerprint density at radius 2 is 1.78 bits per heavy atom. The highest BCUT2D eigenvalue weighted by Gasteiger charge is 1.96. The summed E-state index contributed by atoms with van der Waals surface area (Å²) in [6.07, 6.45) is 3.29. The van der Waals surface area contributed by atoms with Gasteiger partial charge in [-0.05, 0) is 19.4 Å². The van der Waals surface area contributed by atoms with Crippen LogP contribution in [0.15, 0.2) is 26.3 Å². The van der Waals surface area contributed by atoms with Crippen LogP contribution in [0, 0.1) is 13.8 Å². The van der Waals surface area contributed by atoms with Crippen LogP contribution in [0.25, 0.3) is 10.4 Å². The fourth-order valence-electron chi connectivity index (χ4n) is 1.03. The topological polar surface area (TPSA) is 101 Å². The first-order valence-corrected chi connectivity index (χ1v) is 6.17. The molecule has 2 aromatic heterocycles. The van der Waals surface area contributed by atoms with Gasteiger partial charge in [0.1, 0.15) is 18.1 Å². The molecule has 2 aromatic rings. The normalized spacial score (nSPS) is 9.28. The van der Waals surface area contributed by atoms with E-state index in [9.17, 15) is 0 Å². The molecule has 96 valence electrons. The van der Waals surface area contributed by atoms with Gasteiger partial charge in [0.05, 0.1) is 17.7 Å². The summed E-state index contributed by atoms with van der Waals surface area (Å²) in [5.74, 6) is 2.78. The van der Waals surface area contributed by atoms with E-state index in [-0.39, 0.29) is 6.54 Å². The minimum atomic E-state index is 0.185. The van der Waals surface area contributed by atoms with Crippen molar-refractivity contribution in [3.05, 3.63) is 46.1 Å². The SMILES string of the molecule is Cc1cnc(CBr)o1.Cc1cnc(CN=[N+]=[N-])o1. The summed E-state index contributed by atoms with van der Waals surface area (Å²) in [5, 5.41) is 3.97. The molecule has 0 saturated heterocycles. The number of halogens is 1. The Bertz CT molecular complexity index is 530. The highest BCUT2D eigenvalue weighted by molar-refractivity contribution is 9.08. The van der Waals surface area contributed by atoms with Crippen molar-refractivity contribution in [3.63, 3.8) is 0 Å². The first-order chi connectivity index (χ1) is 8.65. The van der Waals surface area contributed by atoms with Gasteiger partial charge in [-0.1, -0.05) is 21.0 Å². The Morgan fingerprint density at radius 3 is 2.11 bits per heavy atom. The second-order valence-electron chi connectivity index (χ2n) is 3.25. The molecular formula is C10H12BrN5O2. The van der Waals surface area contributed by atoms with Gasteiger partial charge in [0.15, 0.2) is 5.89 Å². The summed E-state index contributed by atoms with van der Waals surface area (Å²) in [6, 6.07) is 0. The van der Waals surface area contributed by atoms with Crippen molar-refractivity contribution in [3.8, 4) is 0 Å². The molecule has 18 heavy (non-hydrogen) atoms. The van der Waals surface area contributed by atoms with Crippen molar-refractivity contribution in [1.82, 2.24) is 9.97 Å². The van der Waals surface area contributed by atoms with E-state index >= 15 is 0 Å². The lowest BCUT2D eigenvalue weighted by molar-refractivity contribution is 0.473. The van der Waals surface area contributed by atoms with Crippen molar-refractivity contribution >= 4 is 15.9 Å². The molecule has 2 heterocycles.